The molecule has 0 saturated heterocycles. The lowest BCUT2D eigenvalue weighted by molar-refractivity contribution is -0.384. The minimum Gasteiger partial charge on any atom is -0.393 e. The lowest BCUT2D eigenvalue weighted by Gasteiger charge is -2.11. The summed E-state index contributed by atoms with van der Waals surface area (Å²) in [6, 6.07) is 4.28. The Kier molecular flexibility index (Phi) is 5.25. The zero-order valence-electron chi connectivity index (χ0n) is 10.9. The number of nitro benzene ring substituents is 1. The topological polar surface area (TPSA) is 107 Å². The number of anilines is 1. The van der Waals surface area contributed by atoms with Crippen molar-refractivity contribution in [3.05, 3.63) is 33.9 Å². The Morgan fingerprint density at radius 3 is 2.84 bits per heavy atom. The van der Waals surface area contributed by atoms with Crippen molar-refractivity contribution in [3.63, 3.8) is 0 Å². The lowest BCUT2D eigenvalue weighted by atomic mass is 10.1. The molecule has 19 heavy (non-hydrogen) atoms. The van der Waals surface area contributed by atoms with Crippen molar-refractivity contribution < 1.29 is 14.5 Å². The van der Waals surface area contributed by atoms with E-state index < -0.39 is 10.8 Å². The first-order valence-electron chi connectivity index (χ1n) is 5.77. The molecule has 0 fully saturated rings. The van der Waals surface area contributed by atoms with Gasteiger partial charge in [-0.3, -0.25) is 14.9 Å². The highest BCUT2D eigenvalue weighted by molar-refractivity contribution is 6.00. The minimum atomic E-state index is -0.650. The number of carbonyl (C=O) groups is 1. The van der Waals surface area contributed by atoms with E-state index in [0.29, 0.717) is 13.2 Å². The van der Waals surface area contributed by atoms with Crippen LogP contribution in [0.4, 0.5) is 11.4 Å². The molecule has 104 valence electrons. The highest BCUT2D eigenvalue weighted by atomic mass is 16.6. The Morgan fingerprint density at radius 1 is 1.58 bits per heavy atom. The zero-order chi connectivity index (χ0) is 14.4. The van der Waals surface area contributed by atoms with E-state index >= 15 is 0 Å². The van der Waals surface area contributed by atoms with Crippen LogP contribution in [0, 0.1) is 16.0 Å². The number of rotatable bonds is 6. The molecule has 0 aliphatic heterocycles. The largest absolute Gasteiger partial charge is 0.393 e. The van der Waals surface area contributed by atoms with E-state index in [1.54, 1.807) is 7.11 Å². The van der Waals surface area contributed by atoms with Crippen LogP contribution in [0.25, 0.3) is 0 Å². The van der Waals surface area contributed by atoms with Gasteiger partial charge in [0.05, 0.1) is 11.5 Å². The van der Waals surface area contributed by atoms with Crippen LogP contribution in [-0.4, -0.2) is 31.1 Å². The summed E-state index contributed by atoms with van der Waals surface area (Å²) >= 11 is 0. The van der Waals surface area contributed by atoms with Gasteiger partial charge in [-0.15, -0.1) is 0 Å². The number of nitrogens with zero attached hydrogens (tertiary/aromatic N) is 1. The van der Waals surface area contributed by atoms with Crippen LogP contribution < -0.4 is 11.1 Å². The molecule has 0 aliphatic rings. The Labute approximate surface area is 110 Å². The minimum absolute atomic E-state index is 0.0254. The Bertz CT molecular complexity index is 476. The molecular weight excluding hydrogens is 250 g/mol. The molecule has 7 nitrogen and oxygen atoms in total. The van der Waals surface area contributed by atoms with Crippen LogP contribution in [0.1, 0.15) is 17.3 Å². The van der Waals surface area contributed by atoms with Gasteiger partial charge in [0.2, 0.25) is 0 Å². The van der Waals surface area contributed by atoms with E-state index in [1.807, 2.05) is 6.92 Å². The first-order valence-corrected chi connectivity index (χ1v) is 5.77. The molecule has 0 bridgehead atoms. The van der Waals surface area contributed by atoms with Gasteiger partial charge < -0.3 is 15.8 Å². The van der Waals surface area contributed by atoms with Crippen molar-refractivity contribution in [1.29, 1.82) is 0 Å². The molecule has 0 spiro atoms. The summed E-state index contributed by atoms with van der Waals surface area (Å²) in [4.78, 5) is 22.2. The number of nitrogen functional groups attached to an aromatic ring is 1. The number of nitro groups is 1. The second-order valence-corrected chi connectivity index (χ2v) is 4.27. The molecule has 0 saturated carbocycles. The number of para-hydroxylation sites is 1. The van der Waals surface area contributed by atoms with Crippen molar-refractivity contribution in [1.82, 2.24) is 5.32 Å². The van der Waals surface area contributed by atoms with Crippen LogP contribution in [-0.2, 0) is 4.74 Å². The first-order chi connectivity index (χ1) is 8.97. The van der Waals surface area contributed by atoms with Gasteiger partial charge in [0, 0.05) is 13.7 Å². The van der Waals surface area contributed by atoms with Crippen molar-refractivity contribution >= 4 is 17.3 Å². The number of hydrogen-bond acceptors (Lipinski definition) is 5. The summed E-state index contributed by atoms with van der Waals surface area (Å²) in [6.45, 7) is 2.77. The monoisotopic (exact) mass is 267 g/mol. The highest BCUT2D eigenvalue weighted by Gasteiger charge is 2.23. The van der Waals surface area contributed by atoms with Crippen LogP contribution in [0.2, 0.25) is 0 Å². The molecule has 3 N–H and O–H groups in total. The molecule has 1 aromatic carbocycles. The fourth-order valence-corrected chi connectivity index (χ4v) is 1.65. The summed E-state index contributed by atoms with van der Waals surface area (Å²) in [5.74, 6) is -0.393. The number of benzene rings is 1. The van der Waals surface area contributed by atoms with Gasteiger partial charge in [0.1, 0.15) is 11.3 Å². The maximum absolute atomic E-state index is 11.9. The lowest BCUT2D eigenvalue weighted by Crippen LogP contribution is -2.30. The van der Waals surface area contributed by atoms with Crippen LogP contribution in [0.5, 0.6) is 0 Å². The highest BCUT2D eigenvalue weighted by Crippen LogP contribution is 2.25. The molecule has 0 radical (unpaired) electrons. The summed E-state index contributed by atoms with van der Waals surface area (Å²) < 4.78 is 4.94. The van der Waals surface area contributed by atoms with Gasteiger partial charge in [-0.1, -0.05) is 13.0 Å². The number of amides is 1. The maximum Gasteiger partial charge on any atom is 0.304 e. The van der Waals surface area contributed by atoms with E-state index in [1.165, 1.54) is 18.2 Å². The van der Waals surface area contributed by atoms with Crippen molar-refractivity contribution in [2.45, 2.75) is 6.92 Å². The normalized spacial score (nSPS) is 11.9. The van der Waals surface area contributed by atoms with Crippen LogP contribution in [0.3, 0.4) is 0 Å². The van der Waals surface area contributed by atoms with Crippen LogP contribution in [0.15, 0.2) is 18.2 Å². The molecule has 1 aromatic rings. The molecular formula is C12H17N3O4. The molecule has 0 heterocycles. The van der Waals surface area contributed by atoms with Crippen molar-refractivity contribution in [3.8, 4) is 0 Å². The summed E-state index contributed by atoms with van der Waals surface area (Å²) in [5.41, 5.74) is 5.10. The third kappa shape index (κ3) is 3.92. The van der Waals surface area contributed by atoms with Gasteiger partial charge in [0.15, 0.2) is 0 Å². The van der Waals surface area contributed by atoms with Crippen molar-refractivity contribution in [2.75, 3.05) is 26.0 Å². The van der Waals surface area contributed by atoms with Crippen LogP contribution >= 0.6 is 0 Å². The molecule has 1 rings (SSSR count). The molecule has 1 amide bonds. The van der Waals surface area contributed by atoms with E-state index in [2.05, 4.69) is 5.32 Å². The predicted molar refractivity (Wildman–Crippen MR) is 70.9 cm³/mol. The number of nitrogens with two attached hydrogens (primary N) is 1. The standard InChI is InChI=1S/C12H17N3O4/c1-8(7-19-2)6-14-12(16)9-4-3-5-10(13)11(9)15(17)18/h3-5,8H,6-7,13H2,1-2H3,(H,14,16). The van der Waals surface area contributed by atoms with Gasteiger partial charge in [-0.05, 0) is 18.1 Å². The predicted octanol–water partition coefficient (Wildman–Crippen LogP) is 1.19. The second kappa shape index (κ2) is 6.69. The van der Waals surface area contributed by atoms with Gasteiger partial charge in [0.25, 0.3) is 5.91 Å². The summed E-state index contributed by atoms with van der Waals surface area (Å²) in [7, 11) is 1.57. The number of carbonyl (C=O) groups excluding carboxylic acids is 1. The van der Waals surface area contributed by atoms with E-state index in [0.717, 1.165) is 0 Å². The SMILES string of the molecule is COCC(C)CNC(=O)c1cccc(N)c1[N+](=O)[O-]. The smallest absolute Gasteiger partial charge is 0.304 e. The average molecular weight is 267 g/mol. The van der Waals surface area contributed by atoms with Crippen molar-refractivity contribution in [2.24, 2.45) is 5.92 Å². The molecule has 0 aliphatic carbocycles. The molecule has 1 unspecified atom stereocenters. The number of hydrogen-bond donors (Lipinski definition) is 2. The average Bonchev–Trinajstić information content (AvgIpc) is 2.35. The zero-order valence-corrected chi connectivity index (χ0v) is 10.9. The first kappa shape index (κ1) is 14.9. The Hall–Kier alpha value is -2.15. The fourth-order valence-electron chi connectivity index (χ4n) is 1.65. The van der Waals surface area contributed by atoms with Gasteiger partial charge in [-0.2, -0.15) is 0 Å². The third-order valence-corrected chi connectivity index (χ3v) is 2.56. The van der Waals surface area contributed by atoms with Gasteiger partial charge in [-0.25, -0.2) is 0 Å². The summed E-state index contributed by atoms with van der Waals surface area (Å²) in [5, 5.41) is 13.5. The molecule has 0 aromatic heterocycles. The summed E-state index contributed by atoms with van der Waals surface area (Å²) in [6.07, 6.45) is 0. The Balaban J connectivity index is 2.83. The Morgan fingerprint density at radius 2 is 2.26 bits per heavy atom. The maximum atomic E-state index is 11.9. The number of nitrogens with one attached hydrogen (secondary N) is 1. The number of methoxy groups -OCH3 is 1. The quantitative estimate of drug-likeness (QED) is 0.457. The third-order valence-electron chi connectivity index (χ3n) is 2.56. The number of ether oxygens (including phenoxy) is 1. The van der Waals surface area contributed by atoms with E-state index in [-0.39, 0.29) is 22.9 Å². The van der Waals surface area contributed by atoms with E-state index in [4.69, 9.17) is 10.5 Å². The molecule has 7 heteroatoms. The molecule has 1 atom stereocenters. The van der Waals surface area contributed by atoms with E-state index in [9.17, 15) is 14.9 Å². The fraction of sp³-hybridized carbons (Fsp3) is 0.417. The second-order valence-electron chi connectivity index (χ2n) is 4.27. The van der Waals surface area contributed by atoms with Gasteiger partial charge >= 0.3 is 5.69 Å².